The van der Waals surface area contributed by atoms with Gasteiger partial charge in [-0.15, -0.1) is 0 Å². The van der Waals surface area contributed by atoms with Crippen LogP contribution in [0.25, 0.3) is 0 Å². The lowest BCUT2D eigenvalue weighted by Gasteiger charge is -2.43. The van der Waals surface area contributed by atoms with E-state index in [0.29, 0.717) is 43.4 Å². The molecule has 1 aliphatic carbocycles. The first-order chi connectivity index (χ1) is 11.7. The number of benzene rings is 1. The number of nitrogens with zero attached hydrogens (tertiary/aromatic N) is 1. The minimum absolute atomic E-state index is 0.0687. The van der Waals surface area contributed by atoms with Gasteiger partial charge in [-0.05, 0) is 44.9 Å². The van der Waals surface area contributed by atoms with Crippen LogP contribution in [-0.2, 0) is 4.74 Å². The molecule has 1 aromatic carbocycles. The smallest absolute Gasteiger partial charge is 0.254 e. The van der Waals surface area contributed by atoms with Gasteiger partial charge in [-0.25, -0.2) is 0 Å². The number of ether oxygens (including phenoxy) is 3. The van der Waals surface area contributed by atoms with Crippen LogP contribution in [0.2, 0.25) is 0 Å². The Kier molecular flexibility index (Phi) is 5.61. The fraction of sp³-hybridized carbons (Fsp3) is 0.632. The van der Waals surface area contributed by atoms with E-state index in [-0.39, 0.29) is 18.1 Å². The summed E-state index contributed by atoms with van der Waals surface area (Å²) in [5.41, 5.74) is 0.660. The molecule has 1 aliphatic heterocycles. The van der Waals surface area contributed by atoms with E-state index in [9.17, 15) is 4.79 Å². The summed E-state index contributed by atoms with van der Waals surface area (Å²) in [7, 11) is 0. The Hall–Kier alpha value is -1.75. The molecule has 1 heterocycles. The van der Waals surface area contributed by atoms with Crippen LogP contribution in [0.5, 0.6) is 11.5 Å². The summed E-state index contributed by atoms with van der Waals surface area (Å²) in [6.45, 7) is 6.27. The number of morpholine rings is 1. The van der Waals surface area contributed by atoms with Crippen LogP contribution < -0.4 is 9.47 Å². The molecule has 2 unspecified atom stereocenters. The molecule has 24 heavy (non-hydrogen) atoms. The van der Waals surface area contributed by atoms with E-state index in [4.69, 9.17) is 14.2 Å². The average Bonchev–Trinajstić information content (AvgIpc) is 2.62. The highest BCUT2D eigenvalue weighted by atomic mass is 16.5. The molecule has 0 aromatic heterocycles. The lowest BCUT2D eigenvalue weighted by Crippen LogP contribution is -2.54. The largest absolute Gasteiger partial charge is 0.490 e. The molecule has 5 heteroatoms. The Balaban J connectivity index is 1.81. The maximum Gasteiger partial charge on any atom is 0.254 e. The molecule has 0 spiro atoms. The van der Waals surface area contributed by atoms with Gasteiger partial charge in [-0.1, -0.05) is 12.8 Å². The summed E-state index contributed by atoms with van der Waals surface area (Å²) in [5, 5.41) is 0. The molecule has 1 saturated heterocycles. The first kappa shape index (κ1) is 17.1. The van der Waals surface area contributed by atoms with Crippen molar-refractivity contribution in [3.8, 4) is 11.5 Å². The molecular formula is C19H27NO4. The highest BCUT2D eigenvalue weighted by Crippen LogP contribution is 2.32. The van der Waals surface area contributed by atoms with Crippen molar-refractivity contribution >= 4 is 5.91 Å². The summed E-state index contributed by atoms with van der Waals surface area (Å²) in [6, 6.07) is 5.69. The van der Waals surface area contributed by atoms with Crippen LogP contribution in [0.4, 0.5) is 0 Å². The quantitative estimate of drug-likeness (QED) is 0.830. The van der Waals surface area contributed by atoms with Gasteiger partial charge in [-0.3, -0.25) is 4.79 Å². The zero-order valence-electron chi connectivity index (χ0n) is 14.6. The predicted octanol–water partition coefficient (Wildman–Crippen LogP) is 3.27. The molecule has 3 rings (SSSR count). The maximum atomic E-state index is 13.1. The molecule has 1 saturated carbocycles. The molecule has 0 radical (unpaired) electrons. The van der Waals surface area contributed by atoms with E-state index in [2.05, 4.69) is 0 Å². The zero-order valence-corrected chi connectivity index (χ0v) is 14.6. The highest BCUT2D eigenvalue weighted by Gasteiger charge is 2.37. The van der Waals surface area contributed by atoms with Crippen molar-refractivity contribution in [3.05, 3.63) is 23.8 Å². The Labute approximate surface area is 143 Å². The molecule has 2 atom stereocenters. The van der Waals surface area contributed by atoms with Gasteiger partial charge in [-0.2, -0.15) is 0 Å². The number of rotatable bonds is 5. The van der Waals surface area contributed by atoms with Gasteiger partial charge in [0.1, 0.15) is 0 Å². The molecule has 0 N–H and O–H groups in total. The van der Waals surface area contributed by atoms with Gasteiger partial charge in [0.05, 0.1) is 32.0 Å². The lowest BCUT2D eigenvalue weighted by atomic mass is 9.89. The van der Waals surface area contributed by atoms with Crippen LogP contribution in [0.15, 0.2) is 18.2 Å². The maximum absolute atomic E-state index is 13.1. The van der Waals surface area contributed by atoms with Crippen LogP contribution in [0.1, 0.15) is 49.9 Å². The number of fused-ring (bicyclic) bond motifs is 1. The third-order valence-corrected chi connectivity index (χ3v) is 4.78. The molecule has 5 nitrogen and oxygen atoms in total. The summed E-state index contributed by atoms with van der Waals surface area (Å²) >= 11 is 0. The van der Waals surface area contributed by atoms with E-state index in [0.717, 1.165) is 12.8 Å². The topological polar surface area (TPSA) is 48.0 Å². The normalized spacial score (nSPS) is 23.5. The fourth-order valence-corrected chi connectivity index (χ4v) is 3.70. The molecule has 0 bridgehead atoms. The predicted molar refractivity (Wildman–Crippen MR) is 91.8 cm³/mol. The van der Waals surface area contributed by atoms with Crippen molar-refractivity contribution in [2.75, 3.05) is 26.4 Å². The van der Waals surface area contributed by atoms with E-state index in [1.807, 2.05) is 36.9 Å². The van der Waals surface area contributed by atoms with Crippen molar-refractivity contribution < 1.29 is 19.0 Å². The van der Waals surface area contributed by atoms with Gasteiger partial charge < -0.3 is 19.1 Å². The second-order valence-corrected chi connectivity index (χ2v) is 6.29. The minimum atomic E-state index is 0.0687. The van der Waals surface area contributed by atoms with Gasteiger partial charge in [0.25, 0.3) is 5.91 Å². The zero-order chi connectivity index (χ0) is 16.9. The monoisotopic (exact) mass is 333 g/mol. The van der Waals surface area contributed by atoms with E-state index in [1.54, 1.807) is 0 Å². The molecule has 1 aromatic rings. The third-order valence-electron chi connectivity index (χ3n) is 4.78. The fourth-order valence-electron chi connectivity index (χ4n) is 3.70. The van der Waals surface area contributed by atoms with Gasteiger partial charge in [0.15, 0.2) is 11.5 Å². The van der Waals surface area contributed by atoms with Crippen LogP contribution >= 0.6 is 0 Å². The first-order valence-electron chi connectivity index (χ1n) is 9.06. The summed E-state index contributed by atoms with van der Waals surface area (Å²) < 4.78 is 17.1. The number of carbonyl (C=O) groups is 1. The van der Waals surface area contributed by atoms with Crippen molar-refractivity contribution in [2.45, 2.75) is 51.7 Å². The Bertz CT molecular complexity index is 572. The second kappa shape index (κ2) is 7.88. The summed E-state index contributed by atoms with van der Waals surface area (Å²) in [6.07, 6.45) is 4.65. The lowest BCUT2D eigenvalue weighted by molar-refractivity contribution is -0.0752. The molecular weight excluding hydrogens is 306 g/mol. The number of carbonyl (C=O) groups excluding carboxylic acids is 1. The third kappa shape index (κ3) is 3.51. The Morgan fingerprint density at radius 3 is 2.71 bits per heavy atom. The second-order valence-electron chi connectivity index (χ2n) is 6.29. The average molecular weight is 333 g/mol. The standard InChI is InChI=1S/C19H27NO4/c1-3-22-17-10-9-14(13-18(17)23-4-2)19(21)20-11-12-24-16-8-6-5-7-15(16)20/h9-10,13,15-16H,3-8,11-12H2,1-2H3. The van der Waals surface area contributed by atoms with Crippen molar-refractivity contribution in [1.82, 2.24) is 4.90 Å². The minimum Gasteiger partial charge on any atom is -0.490 e. The van der Waals surface area contributed by atoms with Crippen LogP contribution in [0.3, 0.4) is 0 Å². The highest BCUT2D eigenvalue weighted by molar-refractivity contribution is 5.95. The molecule has 2 fully saturated rings. The molecule has 2 aliphatic rings. The van der Waals surface area contributed by atoms with Crippen LogP contribution in [-0.4, -0.2) is 49.3 Å². The first-order valence-corrected chi connectivity index (χ1v) is 9.06. The van der Waals surface area contributed by atoms with Gasteiger partial charge in [0.2, 0.25) is 0 Å². The molecule has 1 amide bonds. The van der Waals surface area contributed by atoms with E-state index >= 15 is 0 Å². The number of amides is 1. The van der Waals surface area contributed by atoms with Crippen molar-refractivity contribution in [2.24, 2.45) is 0 Å². The SMILES string of the molecule is CCOc1ccc(C(=O)N2CCOC3CCCCC32)cc1OCC. The van der Waals surface area contributed by atoms with E-state index in [1.165, 1.54) is 12.8 Å². The molecule has 132 valence electrons. The Morgan fingerprint density at radius 2 is 1.92 bits per heavy atom. The van der Waals surface area contributed by atoms with Crippen molar-refractivity contribution in [3.63, 3.8) is 0 Å². The number of hydrogen-bond acceptors (Lipinski definition) is 4. The summed E-state index contributed by atoms with van der Waals surface area (Å²) in [5.74, 6) is 1.39. The summed E-state index contributed by atoms with van der Waals surface area (Å²) in [4.78, 5) is 15.1. The number of hydrogen-bond donors (Lipinski definition) is 0. The van der Waals surface area contributed by atoms with Crippen LogP contribution in [0, 0.1) is 0 Å². The van der Waals surface area contributed by atoms with Gasteiger partial charge in [0, 0.05) is 12.1 Å². The Morgan fingerprint density at radius 1 is 1.17 bits per heavy atom. The van der Waals surface area contributed by atoms with Gasteiger partial charge >= 0.3 is 0 Å². The van der Waals surface area contributed by atoms with E-state index < -0.39 is 0 Å². The van der Waals surface area contributed by atoms with Crippen molar-refractivity contribution in [1.29, 1.82) is 0 Å².